The number of para-hydroxylation sites is 2. The quantitative estimate of drug-likeness (QED) is 0.613. The van der Waals surface area contributed by atoms with Crippen LogP contribution in [0.15, 0.2) is 48.7 Å². The number of nitrogens with one attached hydrogen (secondary N) is 1. The minimum Gasteiger partial charge on any atom is -0.493 e. The lowest BCUT2D eigenvalue weighted by atomic mass is 10.1. The number of aromatic nitrogens is 2. The SMILES string of the molecule is COc1cc2c(cc1OC)-c1ccnn1-c1ccccc1N2. The summed E-state index contributed by atoms with van der Waals surface area (Å²) in [4.78, 5) is 0. The van der Waals surface area contributed by atoms with Crippen molar-refractivity contribution in [2.24, 2.45) is 0 Å². The van der Waals surface area contributed by atoms with E-state index >= 15 is 0 Å². The smallest absolute Gasteiger partial charge is 0.162 e. The highest BCUT2D eigenvalue weighted by Crippen LogP contribution is 2.43. The van der Waals surface area contributed by atoms with E-state index in [0.29, 0.717) is 11.5 Å². The number of nitrogens with zero attached hydrogens (tertiary/aromatic N) is 2. The summed E-state index contributed by atoms with van der Waals surface area (Å²) in [7, 11) is 3.28. The molecule has 110 valence electrons. The van der Waals surface area contributed by atoms with Crippen molar-refractivity contribution in [3.63, 3.8) is 0 Å². The highest BCUT2D eigenvalue weighted by molar-refractivity contribution is 5.87. The first-order valence-electron chi connectivity index (χ1n) is 6.98. The predicted octanol–water partition coefficient (Wildman–Crippen LogP) is 3.61. The lowest BCUT2D eigenvalue weighted by Gasteiger charge is -2.14. The van der Waals surface area contributed by atoms with Crippen molar-refractivity contribution in [3.8, 4) is 28.4 Å². The van der Waals surface area contributed by atoms with Crippen LogP contribution in [0.2, 0.25) is 0 Å². The summed E-state index contributed by atoms with van der Waals surface area (Å²) < 4.78 is 12.8. The van der Waals surface area contributed by atoms with Crippen molar-refractivity contribution in [2.75, 3.05) is 19.5 Å². The van der Waals surface area contributed by atoms with E-state index in [4.69, 9.17) is 9.47 Å². The van der Waals surface area contributed by atoms with Crippen LogP contribution < -0.4 is 14.8 Å². The Hall–Kier alpha value is -2.95. The van der Waals surface area contributed by atoms with Crippen molar-refractivity contribution in [2.45, 2.75) is 0 Å². The monoisotopic (exact) mass is 293 g/mol. The lowest BCUT2D eigenvalue weighted by Crippen LogP contribution is -1.98. The van der Waals surface area contributed by atoms with E-state index < -0.39 is 0 Å². The normalized spacial score (nSPS) is 11.5. The van der Waals surface area contributed by atoms with Crippen molar-refractivity contribution in [1.82, 2.24) is 9.78 Å². The van der Waals surface area contributed by atoms with Crippen LogP contribution in [-0.4, -0.2) is 24.0 Å². The van der Waals surface area contributed by atoms with Crippen molar-refractivity contribution in [3.05, 3.63) is 48.7 Å². The van der Waals surface area contributed by atoms with Gasteiger partial charge >= 0.3 is 0 Å². The van der Waals surface area contributed by atoms with Gasteiger partial charge in [-0.2, -0.15) is 5.10 Å². The standard InChI is InChI=1S/C17H15N3O2/c1-21-16-9-11-13(10-17(16)22-2)19-12-5-3-4-6-15(12)20-14(11)7-8-18-20/h3-10,19H,1-2H3. The Balaban J connectivity index is 2.03. The molecule has 5 nitrogen and oxygen atoms in total. The first-order chi connectivity index (χ1) is 10.8. The zero-order valence-electron chi connectivity index (χ0n) is 12.3. The summed E-state index contributed by atoms with van der Waals surface area (Å²) in [6.07, 6.45) is 1.80. The zero-order chi connectivity index (χ0) is 15.1. The van der Waals surface area contributed by atoms with Gasteiger partial charge in [0.25, 0.3) is 0 Å². The second-order valence-corrected chi connectivity index (χ2v) is 5.02. The summed E-state index contributed by atoms with van der Waals surface area (Å²) in [5.41, 5.74) is 5.00. The Labute approximate surface area is 128 Å². The number of anilines is 2. The number of hydrogen-bond donors (Lipinski definition) is 1. The second kappa shape index (κ2) is 4.80. The Morgan fingerprint density at radius 2 is 1.73 bits per heavy atom. The fourth-order valence-corrected chi connectivity index (χ4v) is 2.80. The molecule has 1 N–H and O–H groups in total. The molecule has 4 rings (SSSR count). The average Bonchev–Trinajstić information content (AvgIpc) is 2.99. The number of methoxy groups -OCH3 is 2. The van der Waals surface area contributed by atoms with Gasteiger partial charge in [-0.25, -0.2) is 4.68 Å². The molecular formula is C17H15N3O2. The molecule has 22 heavy (non-hydrogen) atoms. The third kappa shape index (κ3) is 1.75. The number of benzene rings is 2. The van der Waals surface area contributed by atoms with Gasteiger partial charge in [0, 0.05) is 11.6 Å². The van der Waals surface area contributed by atoms with Crippen LogP contribution in [0.25, 0.3) is 16.9 Å². The minimum absolute atomic E-state index is 0.694. The predicted molar refractivity (Wildman–Crippen MR) is 85.4 cm³/mol. The average molecular weight is 293 g/mol. The Kier molecular flexibility index (Phi) is 2.79. The summed E-state index contributed by atoms with van der Waals surface area (Å²) in [5.74, 6) is 1.39. The summed E-state index contributed by atoms with van der Waals surface area (Å²) in [6, 6.07) is 14.0. The van der Waals surface area contributed by atoms with Crippen LogP contribution in [0.4, 0.5) is 11.4 Å². The molecule has 1 aliphatic heterocycles. The van der Waals surface area contributed by atoms with Gasteiger partial charge in [-0.05, 0) is 24.3 Å². The van der Waals surface area contributed by atoms with E-state index in [1.54, 1.807) is 20.4 Å². The Morgan fingerprint density at radius 3 is 2.55 bits per heavy atom. The first-order valence-corrected chi connectivity index (χ1v) is 6.98. The highest BCUT2D eigenvalue weighted by atomic mass is 16.5. The molecule has 0 atom stereocenters. The summed E-state index contributed by atoms with van der Waals surface area (Å²) in [6.45, 7) is 0. The van der Waals surface area contributed by atoms with Crippen LogP contribution in [-0.2, 0) is 0 Å². The molecule has 0 fully saturated rings. The number of rotatable bonds is 2. The van der Waals surface area contributed by atoms with Crippen molar-refractivity contribution < 1.29 is 9.47 Å². The van der Waals surface area contributed by atoms with Gasteiger partial charge in [0.15, 0.2) is 11.5 Å². The largest absolute Gasteiger partial charge is 0.493 e. The number of fused-ring (bicyclic) bond motifs is 5. The third-order valence-electron chi connectivity index (χ3n) is 3.84. The molecule has 0 spiro atoms. The van der Waals surface area contributed by atoms with Gasteiger partial charge in [-0.1, -0.05) is 12.1 Å². The Morgan fingerprint density at radius 1 is 0.955 bits per heavy atom. The number of hydrogen-bond acceptors (Lipinski definition) is 4. The molecule has 0 aliphatic carbocycles. The molecule has 0 saturated heterocycles. The Bertz CT molecular complexity index is 855. The fourth-order valence-electron chi connectivity index (χ4n) is 2.80. The molecule has 2 heterocycles. The summed E-state index contributed by atoms with van der Waals surface area (Å²) >= 11 is 0. The van der Waals surface area contributed by atoms with Crippen molar-refractivity contribution >= 4 is 11.4 Å². The van der Waals surface area contributed by atoms with E-state index in [2.05, 4.69) is 10.4 Å². The maximum absolute atomic E-state index is 5.43. The van der Waals surface area contributed by atoms with E-state index in [9.17, 15) is 0 Å². The van der Waals surface area contributed by atoms with Crippen molar-refractivity contribution in [1.29, 1.82) is 0 Å². The zero-order valence-corrected chi connectivity index (χ0v) is 12.3. The van der Waals surface area contributed by atoms with Gasteiger partial charge in [-0.15, -0.1) is 0 Å². The van der Waals surface area contributed by atoms with E-state index in [1.165, 1.54) is 0 Å². The first kappa shape index (κ1) is 12.8. The molecule has 3 aromatic rings. The van der Waals surface area contributed by atoms with E-state index in [-0.39, 0.29) is 0 Å². The topological polar surface area (TPSA) is 48.3 Å². The maximum Gasteiger partial charge on any atom is 0.162 e. The molecule has 2 aromatic carbocycles. The van der Waals surface area contributed by atoms with Gasteiger partial charge < -0.3 is 14.8 Å². The van der Waals surface area contributed by atoms with E-state index in [1.807, 2.05) is 47.1 Å². The van der Waals surface area contributed by atoms with Crippen LogP contribution in [0.1, 0.15) is 0 Å². The van der Waals surface area contributed by atoms with Crippen LogP contribution in [0.3, 0.4) is 0 Å². The molecule has 0 unspecified atom stereocenters. The van der Waals surface area contributed by atoms with Crippen LogP contribution in [0.5, 0.6) is 11.5 Å². The van der Waals surface area contributed by atoms with Gasteiger partial charge in [-0.3, -0.25) is 0 Å². The molecule has 0 saturated carbocycles. The molecule has 1 aromatic heterocycles. The lowest BCUT2D eigenvalue weighted by molar-refractivity contribution is 0.355. The molecule has 0 amide bonds. The molecule has 0 bridgehead atoms. The summed E-state index contributed by atoms with van der Waals surface area (Å²) in [5, 5.41) is 7.93. The highest BCUT2D eigenvalue weighted by Gasteiger charge is 2.21. The van der Waals surface area contributed by atoms with E-state index in [0.717, 1.165) is 28.3 Å². The maximum atomic E-state index is 5.43. The third-order valence-corrected chi connectivity index (χ3v) is 3.84. The molecular weight excluding hydrogens is 278 g/mol. The van der Waals surface area contributed by atoms with Gasteiger partial charge in [0.2, 0.25) is 0 Å². The molecule has 0 radical (unpaired) electrons. The molecule has 5 heteroatoms. The minimum atomic E-state index is 0.694. The van der Waals surface area contributed by atoms with Gasteiger partial charge in [0.05, 0.1) is 43.2 Å². The second-order valence-electron chi connectivity index (χ2n) is 5.02. The number of ether oxygens (including phenoxy) is 2. The van der Waals surface area contributed by atoms with Gasteiger partial charge in [0.1, 0.15) is 0 Å². The fraction of sp³-hybridized carbons (Fsp3) is 0.118. The molecule has 1 aliphatic rings. The van der Waals surface area contributed by atoms with Crippen LogP contribution in [0, 0.1) is 0 Å². The van der Waals surface area contributed by atoms with Crippen LogP contribution >= 0.6 is 0 Å².